The van der Waals surface area contributed by atoms with Crippen molar-refractivity contribution < 1.29 is 9.90 Å². The Morgan fingerprint density at radius 2 is 2.00 bits per heavy atom. The van der Waals surface area contributed by atoms with Gasteiger partial charge in [-0.2, -0.15) is 5.10 Å². The van der Waals surface area contributed by atoms with Gasteiger partial charge in [0, 0.05) is 25.6 Å². The van der Waals surface area contributed by atoms with Crippen LogP contribution >= 0.6 is 0 Å². The second kappa shape index (κ2) is 8.49. The second-order valence-corrected chi connectivity index (χ2v) is 5.82. The topological polar surface area (TPSA) is 79.2 Å². The van der Waals surface area contributed by atoms with Crippen LogP contribution in [0.2, 0.25) is 0 Å². The first-order chi connectivity index (χ1) is 11.6. The van der Waals surface area contributed by atoms with E-state index in [9.17, 15) is 9.90 Å². The lowest BCUT2D eigenvalue weighted by Gasteiger charge is -2.17. The molecule has 2 aromatic rings. The van der Waals surface area contributed by atoms with E-state index >= 15 is 0 Å². The van der Waals surface area contributed by atoms with E-state index in [1.165, 1.54) is 0 Å². The molecular formula is C18H26N4O2. The Morgan fingerprint density at radius 1 is 1.29 bits per heavy atom. The number of aryl methyl sites for hydroxylation is 2. The molecule has 0 aliphatic heterocycles. The van der Waals surface area contributed by atoms with Gasteiger partial charge in [0.1, 0.15) is 0 Å². The molecule has 3 N–H and O–H groups in total. The molecule has 0 saturated carbocycles. The summed E-state index contributed by atoms with van der Waals surface area (Å²) >= 11 is 0. The van der Waals surface area contributed by atoms with Crippen LogP contribution in [0.25, 0.3) is 0 Å². The van der Waals surface area contributed by atoms with E-state index in [1.807, 2.05) is 55.8 Å². The van der Waals surface area contributed by atoms with Crippen LogP contribution in [0.4, 0.5) is 10.5 Å². The minimum Gasteiger partial charge on any atom is -0.396 e. The zero-order chi connectivity index (χ0) is 17.5. The van der Waals surface area contributed by atoms with Gasteiger partial charge < -0.3 is 15.7 Å². The van der Waals surface area contributed by atoms with E-state index in [4.69, 9.17) is 0 Å². The van der Waals surface area contributed by atoms with Gasteiger partial charge in [-0.05, 0) is 32.8 Å². The number of carbonyl (C=O) groups is 1. The zero-order valence-electron chi connectivity index (χ0n) is 14.5. The van der Waals surface area contributed by atoms with Crippen molar-refractivity contribution in [2.45, 2.75) is 39.7 Å². The number of anilines is 1. The van der Waals surface area contributed by atoms with E-state index < -0.39 is 0 Å². The molecule has 1 heterocycles. The molecule has 1 aromatic carbocycles. The highest BCUT2D eigenvalue weighted by molar-refractivity contribution is 5.90. The van der Waals surface area contributed by atoms with Crippen LogP contribution in [0.3, 0.4) is 0 Å². The molecule has 2 rings (SSSR count). The fraction of sp³-hybridized carbons (Fsp3) is 0.444. The predicted molar refractivity (Wildman–Crippen MR) is 95.3 cm³/mol. The molecule has 0 spiro atoms. The molecular weight excluding hydrogens is 304 g/mol. The maximum atomic E-state index is 12.2. The molecule has 1 atom stereocenters. The van der Waals surface area contributed by atoms with Crippen molar-refractivity contribution in [1.82, 2.24) is 15.1 Å². The summed E-state index contributed by atoms with van der Waals surface area (Å²) in [6.07, 6.45) is 0.607. The molecule has 0 bridgehead atoms. The van der Waals surface area contributed by atoms with Crippen LogP contribution < -0.4 is 10.6 Å². The molecule has 2 amide bonds. The van der Waals surface area contributed by atoms with Crippen molar-refractivity contribution >= 4 is 11.7 Å². The van der Waals surface area contributed by atoms with Crippen molar-refractivity contribution in [3.8, 4) is 0 Å². The summed E-state index contributed by atoms with van der Waals surface area (Å²) in [5.41, 5.74) is 3.62. The second-order valence-electron chi connectivity index (χ2n) is 5.82. The molecule has 0 radical (unpaired) electrons. The van der Waals surface area contributed by atoms with Crippen LogP contribution in [-0.4, -0.2) is 34.1 Å². The summed E-state index contributed by atoms with van der Waals surface area (Å²) in [7, 11) is 0. The van der Waals surface area contributed by atoms with Gasteiger partial charge in [-0.25, -0.2) is 4.79 Å². The van der Waals surface area contributed by atoms with Gasteiger partial charge in [0.25, 0.3) is 0 Å². The van der Waals surface area contributed by atoms with Crippen LogP contribution in [0.1, 0.15) is 36.2 Å². The zero-order valence-corrected chi connectivity index (χ0v) is 14.5. The Labute approximate surface area is 142 Å². The van der Waals surface area contributed by atoms with Crippen molar-refractivity contribution in [2.24, 2.45) is 0 Å². The van der Waals surface area contributed by atoms with Gasteiger partial charge >= 0.3 is 6.03 Å². The lowest BCUT2D eigenvalue weighted by atomic mass is 9.96. The molecule has 6 nitrogen and oxygen atoms in total. The van der Waals surface area contributed by atoms with Crippen LogP contribution in [0.15, 0.2) is 30.3 Å². The molecule has 0 aliphatic rings. The Morgan fingerprint density at radius 3 is 2.58 bits per heavy atom. The Bertz CT molecular complexity index is 667. The molecule has 0 fully saturated rings. The third-order valence-corrected chi connectivity index (χ3v) is 4.18. The fourth-order valence-corrected chi connectivity index (χ4v) is 2.83. The van der Waals surface area contributed by atoms with Crippen LogP contribution in [0, 0.1) is 13.8 Å². The third kappa shape index (κ3) is 4.35. The van der Waals surface area contributed by atoms with Gasteiger partial charge in [-0.3, -0.25) is 4.68 Å². The van der Waals surface area contributed by atoms with Gasteiger partial charge in [-0.15, -0.1) is 0 Å². The van der Waals surface area contributed by atoms with Crippen molar-refractivity contribution in [2.75, 3.05) is 18.5 Å². The number of carbonyl (C=O) groups excluding carboxylic acids is 1. The van der Waals surface area contributed by atoms with E-state index in [2.05, 4.69) is 15.7 Å². The number of nitrogens with zero attached hydrogens (tertiary/aromatic N) is 2. The number of benzene rings is 1. The molecule has 130 valence electrons. The summed E-state index contributed by atoms with van der Waals surface area (Å²) in [5.74, 6) is 0.0857. The lowest BCUT2D eigenvalue weighted by Crippen LogP contribution is -2.33. The van der Waals surface area contributed by atoms with E-state index in [0.717, 1.165) is 29.2 Å². The average molecular weight is 330 g/mol. The number of aliphatic hydroxyl groups is 1. The number of nitrogens with one attached hydrogen (secondary N) is 2. The minimum atomic E-state index is -0.254. The van der Waals surface area contributed by atoms with Crippen molar-refractivity contribution in [3.63, 3.8) is 0 Å². The number of hydrogen-bond acceptors (Lipinski definition) is 3. The van der Waals surface area contributed by atoms with Crippen molar-refractivity contribution in [1.29, 1.82) is 0 Å². The van der Waals surface area contributed by atoms with Gasteiger partial charge in [0.15, 0.2) is 0 Å². The van der Waals surface area contributed by atoms with E-state index in [0.29, 0.717) is 13.0 Å². The number of amides is 2. The molecule has 1 unspecified atom stereocenters. The highest BCUT2D eigenvalue weighted by Gasteiger charge is 2.15. The molecule has 24 heavy (non-hydrogen) atoms. The van der Waals surface area contributed by atoms with Gasteiger partial charge in [0.2, 0.25) is 0 Å². The number of aromatic nitrogens is 2. The van der Waals surface area contributed by atoms with E-state index in [1.54, 1.807) is 0 Å². The monoisotopic (exact) mass is 330 g/mol. The molecule has 1 aromatic heterocycles. The van der Waals surface area contributed by atoms with Gasteiger partial charge in [-0.1, -0.05) is 30.3 Å². The maximum absolute atomic E-state index is 12.2. The maximum Gasteiger partial charge on any atom is 0.319 e. The average Bonchev–Trinajstić information content (AvgIpc) is 2.86. The number of hydrogen-bond donors (Lipinski definition) is 3. The highest BCUT2D eigenvalue weighted by atomic mass is 16.3. The first-order valence-electron chi connectivity index (χ1n) is 8.31. The first kappa shape index (κ1) is 18.0. The molecule has 0 aliphatic carbocycles. The minimum absolute atomic E-state index is 0.0857. The van der Waals surface area contributed by atoms with Crippen molar-refractivity contribution in [3.05, 3.63) is 47.3 Å². The summed E-state index contributed by atoms with van der Waals surface area (Å²) in [6, 6.07) is 9.66. The summed E-state index contributed by atoms with van der Waals surface area (Å²) < 4.78 is 1.86. The Kier molecular flexibility index (Phi) is 6.37. The largest absolute Gasteiger partial charge is 0.396 e. The SMILES string of the molecule is CCn1nc(C)c(NC(=O)NCC(CCO)c2ccccc2)c1C. The predicted octanol–water partition coefficient (Wildman–Crippen LogP) is 2.81. The normalized spacial score (nSPS) is 12.0. The summed E-state index contributed by atoms with van der Waals surface area (Å²) in [6.45, 7) is 7.16. The fourth-order valence-electron chi connectivity index (χ4n) is 2.83. The van der Waals surface area contributed by atoms with Crippen LogP contribution in [-0.2, 0) is 6.54 Å². The summed E-state index contributed by atoms with van der Waals surface area (Å²) in [5, 5.41) is 19.4. The Balaban J connectivity index is 1.98. The van der Waals surface area contributed by atoms with E-state index in [-0.39, 0.29) is 18.6 Å². The highest BCUT2D eigenvalue weighted by Crippen LogP contribution is 2.20. The smallest absolute Gasteiger partial charge is 0.319 e. The third-order valence-electron chi connectivity index (χ3n) is 4.18. The Hall–Kier alpha value is -2.34. The number of rotatable bonds is 7. The number of aliphatic hydroxyl groups excluding tert-OH is 1. The molecule has 0 saturated heterocycles. The van der Waals surface area contributed by atoms with Gasteiger partial charge in [0.05, 0.1) is 17.1 Å². The lowest BCUT2D eigenvalue weighted by molar-refractivity contribution is 0.248. The first-order valence-corrected chi connectivity index (χ1v) is 8.31. The quantitative estimate of drug-likeness (QED) is 0.730. The number of urea groups is 1. The molecule has 6 heteroatoms. The summed E-state index contributed by atoms with van der Waals surface area (Å²) in [4.78, 5) is 12.2. The standard InChI is InChI=1S/C18H26N4O2/c1-4-22-14(3)17(13(2)21-22)20-18(24)19-12-16(10-11-23)15-8-6-5-7-9-15/h5-9,16,23H,4,10-12H2,1-3H3,(H2,19,20,24). The van der Waals surface area contributed by atoms with Crippen LogP contribution in [0.5, 0.6) is 0 Å².